The molecule has 0 saturated heterocycles. The number of thiophene rings is 1. The van der Waals surface area contributed by atoms with E-state index in [-0.39, 0.29) is 4.47 Å². The van der Waals surface area contributed by atoms with E-state index >= 15 is 0 Å². The maximum atomic E-state index is 12.8. The monoisotopic (exact) mass is 369 g/mol. The summed E-state index contributed by atoms with van der Waals surface area (Å²) in [6.07, 6.45) is -4.42. The maximum absolute atomic E-state index is 12.8. The molecule has 2 rings (SSSR count). The van der Waals surface area contributed by atoms with Gasteiger partial charge in [0.15, 0.2) is 0 Å². The quantitative estimate of drug-likeness (QED) is 0.769. The van der Waals surface area contributed by atoms with Crippen LogP contribution in [-0.4, -0.2) is 0 Å². The average molecular weight is 371 g/mol. The molecular formula is C12H8BrClF3NS. The number of benzene rings is 1. The van der Waals surface area contributed by atoms with Crippen molar-refractivity contribution >= 4 is 38.9 Å². The maximum Gasteiger partial charge on any atom is 0.417 e. The van der Waals surface area contributed by atoms with Gasteiger partial charge in [-0.2, -0.15) is 13.2 Å². The van der Waals surface area contributed by atoms with Crippen LogP contribution in [-0.2, 0) is 6.18 Å². The van der Waals surface area contributed by atoms with Crippen molar-refractivity contribution in [2.45, 2.75) is 12.2 Å². The molecule has 1 nitrogen and oxygen atoms in total. The zero-order valence-corrected chi connectivity index (χ0v) is 12.5. The van der Waals surface area contributed by atoms with Gasteiger partial charge in [-0.3, -0.25) is 0 Å². The van der Waals surface area contributed by atoms with Gasteiger partial charge in [0.25, 0.3) is 0 Å². The summed E-state index contributed by atoms with van der Waals surface area (Å²) in [4.78, 5) is 0.650. The number of halogens is 5. The predicted octanol–water partition coefficient (Wildman–Crippen LogP) is 5.23. The van der Waals surface area contributed by atoms with E-state index in [4.69, 9.17) is 17.3 Å². The van der Waals surface area contributed by atoms with Crippen molar-refractivity contribution in [1.82, 2.24) is 0 Å². The summed E-state index contributed by atoms with van der Waals surface area (Å²) in [7, 11) is 0. The van der Waals surface area contributed by atoms with Gasteiger partial charge in [-0.1, -0.05) is 33.6 Å². The molecule has 0 radical (unpaired) electrons. The molecule has 1 atom stereocenters. The van der Waals surface area contributed by atoms with Crippen molar-refractivity contribution in [3.05, 3.63) is 55.1 Å². The minimum Gasteiger partial charge on any atom is -0.320 e. The Morgan fingerprint density at radius 2 is 1.95 bits per heavy atom. The van der Waals surface area contributed by atoms with Gasteiger partial charge in [0, 0.05) is 9.35 Å². The van der Waals surface area contributed by atoms with E-state index in [1.54, 1.807) is 17.5 Å². The van der Waals surface area contributed by atoms with E-state index < -0.39 is 17.8 Å². The second-order valence-electron chi connectivity index (χ2n) is 3.85. The van der Waals surface area contributed by atoms with E-state index in [9.17, 15) is 13.2 Å². The molecule has 1 aromatic heterocycles. The lowest BCUT2D eigenvalue weighted by Crippen LogP contribution is -2.13. The number of alkyl halides is 3. The largest absolute Gasteiger partial charge is 0.417 e. The minimum atomic E-state index is -4.42. The van der Waals surface area contributed by atoms with Gasteiger partial charge >= 0.3 is 6.18 Å². The second kappa shape index (κ2) is 5.44. The SMILES string of the molecule is NC(c1ccc(Br)c(C(F)(F)F)c1)c1sccc1Cl. The highest BCUT2D eigenvalue weighted by atomic mass is 79.9. The summed E-state index contributed by atoms with van der Waals surface area (Å²) in [5, 5.41) is 2.22. The second-order valence-corrected chi connectivity index (χ2v) is 6.06. The van der Waals surface area contributed by atoms with Crippen molar-refractivity contribution in [3.63, 3.8) is 0 Å². The summed E-state index contributed by atoms with van der Waals surface area (Å²) in [5.41, 5.74) is 5.60. The van der Waals surface area contributed by atoms with Gasteiger partial charge in [0.1, 0.15) is 0 Å². The Balaban J connectivity index is 2.44. The molecule has 1 aromatic carbocycles. The topological polar surface area (TPSA) is 26.0 Å². The van der Waals surface area contributed by atoms with E-state index in [1.807, 2.05) is 0 Å². The molecule has 1 heterocycles. The highest BCUT2D eigenvalue weighted by Gasteiger charge is 2.33. The van der Waals surface area contributed by atoms with Crippen LogP contribution >= 0.6 is 38.9 Å². The van der Waals surface area contributed by atoms with Crippen LogP contribution in [0.15, 0.2) is 34.1 Å². The lowest BCUT2D eigenvalue weighted by Gasteiger charge is -2.15. The molecule has 0 aliphatic carbocycles. The Labute approximate surface area is 125 Å². The molecule has 0 aliphatic heterocycles. The summed E-state index contributed by atoms with van der Waals surface area (Å²) in [6.45, 7) is 0. The van der Waals surface area contributed by atoms with Crippen LogP contribution in [0.1, 0.15) is 22.0 Å². The predicted molar refractivity (Wildman–Crippen MR) is 74.5 cm³/mol. The molecule has 0 amide bonds. The van der Waals surface area contributed by atoms with Gasteiger partial charge in [-0.05, 0) is 29.1 Å². The Morgan fingerprint density at radius 1 is 1.26 bits per heavy atom. The number of hydrogen-bond acceptors (Lipinski definition) is 2. The molecule has 0 fully saturated rings. The van der Waals surface area contributed by atoms with E-state index in [1.165, 1.54) is 17.4 Å². The third-order valence-corrected chi connectivity index (χ3v) is 4.72. The average Bonchev–Trinajstić information content (AvgIpc) is 2.73. The molecule has 2 aromatic rings. The molecule has 1 unspecified atom stereocenters. The Hall–Kier alpha value is -0.560. The summed E-state index contributed by atoms with van der Waals surface area (Å²) < 4.78 is 38.5. The van der Waals surface area contributed by atoms with Gasteiger partial charge in [-0.15, -0.1) is 11.3 Å². The van der Waals surface area contributed by atoms with E-state index in [2.05, 4.69) is 15.9 Å². The van der Waals surface area contributed by atoms with Crippen molar-refractivity contribution in [1.29, 1.82) is 0 Å². The molecule has 0 spiro atoms. The van der Waals surface area contributed by atoms with Gasteiger partial charge in [0.05, 0.1) is 16.6 Å². The first kappa shape index (κ1) is 14.8. The van der Waals surface area contributed by atoms with Crippen molar-refractivity contribution < 1.29 is 13.2 Å². The molecule has 2 N–H and O–H groups in total. The smallest absolute Gasteiger partial charge is 0.320 e. The molecule has 7 heteroatoms. The molecule has 0 aliphatic rings. The summed E-state index contributed by atoms with van der Waals surface area (Å²) in [6, 6.07) is 4.96. The Bertz CT molecular complexity index is 597. The van der Waals surface area contributed by atoms with E-state index in [0.717, 1.165) is 6.07 Å². The van der Waals surface area contributed by atoms with Crippen LogP contribution in [0.4, 0.5) is 13.2 Å². The number of nitrogens with two attached hydrogens (primary N) is 1. The first-order valence-electron chi connectivity index (χ1n) is 5.16. The van der Waals surface area contributed by atoms with Crippen LogP contribution in [0.25, 0.3) is 0 Å². The first-order valence-corrected chi connectivity index (χ1v) is 7.21. The van der Waals surface area contributed by atoms with Gasteiger partial charge < -0.3 is 5.73 Å². The summed E-state index contributed by atoms with van der Waals surface area (Å²) >= 11 is 10.2. The highest BCUT2D eigenvalue weighted by molar-refractivity contribution is 9.10. The van der Waals surface area contributed by atoms with Crippen molar-refractivity contribution in [2.24, 2.45) is 5.73 Å². The summed E-state index contributed by atoms with van der Waals surface area (Å²) in [5.74, 6) is 0. The van der Waals surface area contributed by atoms with Crippen LogP contribution in [0.5, 0.6) is 0 Å². The molecule has 102 valence electrons. The number of hydrogen-bond donors (Lipinski definition) is 1. The lowest BCUT2D eigenvalue weighted by molar-refractivity contribution is -0.138. The van der Waals surface area contributed by atoms with Crippen LogP contribution in [0, 0.1) is 0 Å². The zero-order valence-electron chi connectivity index (χ0n) is 9.34. The highest BCUT2D eigenvalue weighted by Crippen LogP contribution is 2.38. The zero-order chi connectivity index (χ0) is 14.2. The molecule has 0 bridgehead atoms. The van der Waals surface area contributed by atoms with Crippen LogP contribution < -0.4 is 5.73 Å². The van der Waals surface area contributed by atoms with Crippen LogP contribution in [0.2, 0.25) is 5.02 Å². The minimum absolute atomic E-state index is 0.00627. The normalized spacial score (nSPS) is 13.6. The number of rotatable bonds is 2. The molecular weight excluding hydrogens is 363 g/mol. The van der Waals surface area contributed by atoms with Crippen LogP contribution in [0.3, 0.4) is 0 Å². The standard InChI is InChI=1S/C12H8BrClF3NS/c13-8-2-1-6(5-7(8)12(15,16)17)10(18)11-9(14)3-4-19-11/h1-5,10H,18H2. The molecule has 19 heavy (non-hydrogen) atoms. The van der Waals surface area contributed by atoms with Crippen molar-refractivity contribution in [2.75, 3.05) is 0 Å². The third kappa shape index (κ3) is 3.13. The Kier molecular flexibility index (Phi) is 4.25. The fraction of sp³-hybridized carbons (Fsp3) is 0.167. The fourth-order valence-electron chi connectivity index (χ4n) is 1.63. The third-order valence-electron chi connectivity index (χ3n) is 2.58. The van der Waals surface area contributed by atoms with Gasteiger partial charge in [0.2, 0.25) is 0 Å². The van der Waals surface area contributed by atoms with E-state index in [0.29, 0.717) is 15.5 Å². The lowest BCUT2D eigenvalue weighted by atomic mass is 10.0. The van der Waals surface area contributed by atoms with Gasteiger partial charge in [-0.25, -0.2) is 0 Å². The van der Waals surface area contributed by atoms with Crippen molar-refractivity contribution in [3.8, 4) is 0 Å². The molecule has 0 saturated carbocycles. The Morgan fingerprint density at radius 3 is 2.47 bits per heavy atom. The first-order chi connectivity index (χ1) is 8.80. The fourth-order valence-corrected chi connectivity index (χ4v) is 3.31.